The first-order valence-electron chi connectivity index (χ1n) is 7.27. The van der Waals surface area contributed by atoms with Gasteiger partial charge in [-0.25, -0.2) is 4.79 Å². The summed E-state index contributed by atoms with van der Waals surface area (Å²) >= 11 is 0. The van der Waals surface area contributed by atoms with Gasteiger partial charge in [0.05, 0.1) is 18.2 Å². The van der Waals surface area contributed by atoms with Gasteiger partial charge in [-0.05, 0) is 19.8 Å². The fourth-order valence-corrected chi connectivity index (χ4v) is 2.60. The second kappa shape index (κ2) is 6.60. The third kappa shape index (κ3) is 3.74. The van der Waals surface area contributed by atoms with Gasteiger partial charge in [0.2, 0.25) is 5.91 Å². The van der Waals surface area contributed by atoms with Crippen LogP contribution in [-0.4, -0.2) is 46.8 Å². The van der Waals surface area contributed by atoms with Crippen LogP contribution in [0.15, 0.2) is 12.4 Å². The van der Waals surface area contributed by atoms with E-state index in [0.29, 0.717) is 13.1 Å². The van der Waals surface area contributed by atoms with Crippen molar-refractivity contribution in [1.82, 2.24) is 25.3 Å². The van der Waals surface area contributed by atoms with Crippen LogP contribution in [0.4, 0.5) is 4.79 Å². The summed E-state index contributed by atoms with van der Waals surface area (Å²) < 4.78 is 1.71. The number of piperidine rings is 1. The highest BCUT2D eigenvalue weighted by Crippen LogP contribution is 2.18. The first-order chi connectivity index (χ1) is 10.0. The molecule has 0 saturated carbocycles. The second-order valence-electron chi connectivity index (χ2n) is 5.52. The molecule has 21 heavy (non-hydrogen) atoms. The van der Waals surface area contributed by atoms with Crippen molar-refractivity contribution in [2.45, 2.75) is 25.8 Å². The summed E-state index contributed by atoms with van der Waals surface area (Å²) in [5.41, 5.74) is 0.964. The number of urea groups is 1. The van der Waals surface area contributed by atoms with Crippen molar-refractivity contribution in [3.05, 3.63) is 18.0 Å². The average Bonchev–Trinajstić information content (AvgIpc) is 2.93. The van der Waals surface area contributed by atoms with E-state index in [2.05, 4.69) is 15.7 Å². The maximum absolute atomic E-state index is 12.3. The summed E-state index contributed by atoms with van der Waals surface area (Å²) in [5.74, 6) is -0.101. The number of rotatable bonds is 3. The molecule has 3 amide bonds. The summed E-state index contributed by atoms with van der Waals surface area (Å²) in [4.78, 5) is 25.7. The van der Waals surface area contributed by atoms with Crippen molar-refractivity contribution in [3.63, 3.8) is 0 Å². The monoisotopic (exact) mass is 293 g/mol. The number of likely N-dealkylation sites (tertiary alicyclic amines) is 1. The molecule has 0 radical (unpaired) electrons. The van der Waals surface area contributed by atoms with E-state index in [-0.39, 0.29) is 23.9 Å². The molecule has 0 aliphatic carbocycles. The molecule has 7 heteroatoms. The minimum Gasteiger partial charge on any atom is -0.359 e. The molecule has 1 fully saturated rings. The van der Waals surface area contributed by atoms with Crippen LogP contribution in [-0.2, 0) is 11.8 Å². The van der Waals surface area contributed by atoms with E-state index in [9.17, 15) is 9.59 Å². The number of aromatic nitrogens is 2. The Morgan fingerprint density at radius 2 is 2.24 bits per heavy atom. The Hall–Kier alpha value is -2.05. The van der Waals surface area contributed by atoms with Crippen molar-refractivity contribution >= 4 is 11.9 Å². The Kier molecular flexibility index (Phi) is 4.82. The fourth-order valence-electron chi connectivity index (χ4n) is 2.60. The molecule has 0 aromatic carbocycles. The lowest BCUT2D eigenvalue weighted by Gasteiger charge is -2.32. The van der Waals surface area contributed by atoms with Gasteiger partial charge in [0.1, 0.15) is 0 Å². The van der Waals surface area contributed by atoms with Crippen LogP contribution in [0.5, 0.6) is 0 Å². The minimum atomic E-state index is -0.125. The van der Waals surface area contributed by atoms with Gasteiger partial charge in [-0.15, -0.1) is 0 Å². The van der Waals surface area contributed by atoms with Crippen molar-refractivity contribution in [2.75, 3.05) is 20.1 Å². The molecule has 0 bridgehead atoms. The summed E-state index contributed by atoms with van der Waals surface area (Å²) in [6.07, 6.45) is 5.32. The smallest absolute Gasteiger partial charge is 0.317 e. The Bertz CT molecular complexity index is 513. The van der Waals surface area contributed by atoms with Crippen molar-refractivity contribution in [3.8, 4) is 0 Å². The van der Waals surface area contributed by atoms with Crippen molar-refractivity contribution in [2.24, 2.45) is 13.0 Å². The van der Waals surface area contributed by atoms with Gasteiger partial charge in [0.25, 0.3) is 0 Å². The number of aryl methyl sites for hydroxylation is 1. The third-order valence-electron chi connectivity index (χ3n) is 3.89. The molecule has 0 spiro atoms. The molecule has 116 valence electrons. The Morgan fingerprint density at radius 1 is 1.48 bits per heavy atom. The fraction of sp³-hybridized carbons (Fsp3) is 0.643. The summed E-state index contributed by atoms with van der Waals surface area (Å²) in [6.45, 7) is 3.10. The maximum atomic E-state index is 12.3. The zero-order valence-corrected chi connectivity index (χ0v) is 12.8. The molecule has 1 aliphatic rings. The molecule has 1 saturated heterocycles. The number of carbonyl (C=O) groups excluding carboxylic acids is 2. The topological polar surface area (TPSA) is 79.3 Å². The number of hydrogen-bond acceptors (Lipinski definition) is 3. The van der Waals surface area contributed by atoms with E-state index in [1.165, 1.54) is 0 Å². The molecule has 1 aliphatic heterocycles. The standard InChI is InChI=1S/C14H23N5O2/c1-10(12-7-16-18(3)8-12)17-14(21)19-6-4-5-11(9-19)13(20)15-2/h7-8,10-11H,4-6,9H2,1-3H3,(H,15,20)(H,17,21)/t10-,11+/m1/s1. The van der Waals surface area contributed by atoms with Gasteiger partial charge < -0.3 is 15.5 Å². The second-order valence-corrected chi connectivity index (χ2v) is 5.52. The van der Waals surface area contributed by atoms with Crippen LogP contribution in [0.2, 0.25) is 0 Å². The van der Waals surface area contributed by atoms with E-state index in [1.54, 1.807) is 22.8 Å². The number of amides is 3. The van der Waals surface area contributed by atoms with E-state index in [1.807, 2.05) is 20.2 Å². The molecule has 1 aromatic rings. The first-order valence-corrected chi connectivity index (χ1v) is 7.27. The summed E-state index contributed by atoms with van der Waals surface area (Å²) in [5, 5.41) is 9.72. The normalized spacial score (nSPS) is 20.0. The zero-order valence-electron chi connectivity index (χ0n) is 12.8. The van der Waals surface area contributed by atoms with Gasteiger partial charge in [-0.2, -0.15) is 5.10 Å². The van der Waals surface area contributed by atoms with Crippen LogP contribution in [0, 0.1) is 5.92 Å². The van der Waals surface area contributed by atoms with Crippen molar-refractivity contribution in [1.29, 1.82) is 0 Å². The predicted molar refractivity (Wildman–Crippen MR) is 78.5 cm³/mol. The molecule has 2 atom stereocenters. The molecule has 1 aromatic heterocycles. The van der Waals surface area contributed by atoms with Gasteiger partial charge in [0, 0.05) is 38.9 Å². The van der Waals surface area contributed by atoms with Gasteiger partial charge >= 0.3 is 6.03 Å². The largest absolute Gasteiger partial charge is 0.359 e. The molecular weight excluding hydrogens is 270 g/mol. The predicted octanol–water partition coefficient (Wildman–Crippen LogP) is 0.649. The number of nitrogens with zero attached hydrogens (tertiary/aromatic N) is 3. The highest BCUT2D eigenvalue weighted by atomic mass is 16.2. The number of hydrogen-bond donors (Lipinski definition) is 2. The average molecular weight is 293 g/mol. The number of carbonyl (C=O) groups is 2. The number of nitrogens with one attached hydrogen (secondary N) is 2. The van der Waals surface area contributed by atoms with E-state index in [0.717, 1.165) is 18.4 Å². The molecule has 2 N–H and O–H groups in total. The maximum Gasteiger partial charge on any atom is 0.317 e. The molecule has 0 unspecified atom stereocenters. The lowest BCUT2D eigenvalue weighted by atomic mass is 9.97. The lowest BCUT2D eigenvalue weighted by Crippen LogP contribution is -2.48. The molecular formula is C14H23N5O2. The van der Waals surface area contributed by atoms with Crippen LogP contribution in [0.25, 0.3) is 0 Å². The molecule has 7 nitrogen and oxygen atoms in total. The highest BCUT2D eigenvalue weighted by molar-refractivity contribution is 5.80. The Labute approximate surface area is 124 Å². The summed E-state index contributed by atoms with van der Waals surface area (Å²) in [6, 6.07) is -0.230. The molecule has 2 rings (SSSR count). The van der Waals surface area contributed by atoms with E-state index >= 15 is 0 Å². The first kappa shape index (κ1) is 15.3. The van der Waals surface area contributed by atoms with Gasteiger partial charge in [-0.3, -0.25) is 9.48 Å². The molecule has 2 heterocycles. The van der Waals surface area contributed by atoms with Gasteiger partial charge in [-0.1, -0.05) is 0 Å². The third-order valence-corrected chi connectivity index (χ3v) is 3.89. The lowest BCUT2D eigenvalue weighted by molar-refractivity contribution is -0.125. The van der Waals surface area contributed by atoms with E-state index < -0.39 is 0 Å². The SMILES string of the molecule is CNC(=O)[C@H]1CCCN(C(=O)N[C@H](C)c2cnn(C)c2)C1. The van der Waals surface area contributed by atoms with Crippen LogP contribution in [0.3, 0.4) is 0 Å². The van der Waals surface area contributed by atoms with Crippen LogP contribution < -0.4 is 10.6 Å². The Balaban J connectivity index is 1.92. The minimum absolute atomic E-state index is 0.00723. The van der Waals surface area contributed by atoms with Crippen LogP contribution >= 0.6 is 0 Å². The highest BCUT2D eigenvalue weighted by Gasteiger charge is 2.28. The van der Waals surface area contributed by atoms with Crippen molar-refractivity contribution < 1.29 is 9.59 Å². The van der Waals surface area contributed by atoms with Crippen LogP contribution in [0.1, 0.15) is 31.4 Å². The summed E-state index contributed by atoms with van der Waals surface area (Å²) in [7, 11) is 3.47. The Morgan fingerprint density at radius 3 is 2.86 bits per heavy atom. The van der Waals surface area contributed by atoms with Gasteiger partial charge in [0.15, 0.2) is 0 Å². The zero-order chi connectivity index (χ0) is 15.4. The quantitative estimate of drug-likeness (QED) is 0.858. The van der Waals surface area contributed by atoms with E-state index in [4.69, 9.17) is 0 Å².